The van der Waals surface area contributed by atoms with Gasteiger partial charge in [0, 0.05) is 24.5 Å². The van der Waals surface area contributed by atoms with Gasteiger partial charge in [-0.3, -0.25) is 9.78 Å². The van der Waals surface area contributed by atoms with Crippen LogP contribution in [-0.2, 0) is 4.79 Å². The van der Waals surface area contributed by atoms with Gasteiger partial charge in [-0.25, -0.2) is 9.97 Å². The van der Waals surface area contributed by atoms with E-state index in [1.54, 1.807) is 24.1 Å². The molecule has 1 fully saturated rings. The van der Waals surface area contributed by atoms with Crippen molar-refractivity contribution in [3.8, 4) is 17.2 Å². The van der Waals surface area contributed by atoms with Gasteiger partial charge in [0.15, 0.2) is 6.10 Å². The molecule has 9 nitrogen and oxygen atoms in total. The van der Waals surface area contributed by atoms with Gasteiger partial charge in [0.1, 0.15) is 29.4 Å². The smallest absolute Gasteiger partial charge is 0.263 e. The summed E-state index contributed by atoms with van der Waals surface area (Å²) in [6, 6.07) is 15.0. The molecule has 2 N–H and O–H groups in total. The van der Waals surface area contributed by atoms with Crippen LogP contribution in [0.25, 0.3) is 10.9 Å². The number of ether oxygens (including phenoxy) is 2. The molecule has 5 rings (SSSR count). The molecule has 0 bridgehead atoms. The van der Waals surface area contributed by atoms with E-state index >= 15 is 0 Å². The van der Waals surface area contributed by atoms with Crippen LogP contribution in [-0.4, -0.2) is 56.2 Å². The molecule has 1 aliphatic heterocycles. The van der Waals surface area contributed by atoms with Crippen molar-refractivity contribution in [2.75, 3.05) is 18.4 Å². The lowest BCUT2D eigenvalue weighted by Crippen LogP contribution is -2.56. The summed E-state index contributed by atoms with van der Waals surface area (Å²) in [4.78, 5) is 27.3. The Morgan fingerprint density at radius 3 is 2.64 bits per heavy atom. The van der Waals surface area contributed by atoms with E-state index in [1.807, 2.05) is 56.3 Å². The number of amides is 1. The third kappa shape index (κ3) is 4.92. The molecular formula is C27H27N5O4. The number of anilines is 2. The van der Waals surface area contributed by atoms with Crippen molar-refractivity contribution in [1.29, 1.82) is 0 Å². The Morgan fingerprint density at radius 2 is 1.92 bits per heavy atom. The summed E-state index contributed by atoms with van der Waals surface area (Å²) >= 11 is 0. The maximum Gasteiger partial charge on any atom is 0.263 e. The molecule has 2 aromatic heterocycles. The molecule has 1 amide bonds. The van der Waals surface area contributed by atoms with Crippen LogP contribution in [0.15, 0.2) is 61.1 Å². The Labute approximate surface area is 208 Å². The standard InChI is InChI=1S/C27H27N5O4/c1-16-11-19(8-10-23(16)36-21-9-7-17(2)28-12-21)31-26-25-22(29-15-30-26)5-4-6-24(25)35-18(3)27(34)32-13-20(33)14-32/h4-12,15,18,20,33H,13-14H2,1-3H3,(H,29,30,31)/t18-/m1/s1. The monoisotopic (exact) mass is 485 g/mol. The van der Waals surface area contributed by atoms with Crippen LogP contribution < -0.4 is 14.8 Å². The molecule has 0 spiro atoms. The van der Waals surface area contributed by atoms with Crippen LogP contribution in [0, 0.1) is 13.8 Å². The summed E-state index contributed by atoms with van der Waals surface area (Å²) in [7, 11) is 0. The number of rotatable bonds is 7. The van der Waals surface area contributed by atoms with Gasteiger partial charge in [0.2, 0.25) is 0 Å². The highest BCUT2D eigenvalue weighted by Crippen LogP contribution is 2.34. The normalized spacial score (nSPS) is 14.3. The summed E-state index contributed by atoms with van der Waals surface area (Å²) in [6.07, 6.45) is 2.01. The molecule has 0 saturated carbocycles. The molecule has 0 aliphatic carbocycles. The zero-order chi connectivity index (χ0) is 25.2. The Bertz CT molecular complexity index is 1400. The molecular weight excluding hydrogens is 458 g/mol. The Morgan fingerprint density at radius 1 is 1.08 bits per heavy atom. The third-order valence-corrected chi connectivity index (χ3v) is 6.00. The summed E-state index contributed by atoms with van der Waals surface area (Å²) < 4.78 is 12.0. The molecule has 9 heteroatoms. The predicted octanol–water partition coefficient (Wildman–Crippen LogP) is 4.15. The highest BCUT2D eigenvalue weighted by molar-refractivity contribution is 5.96. The fraction of sp³-hybridized carbons (Fsp3) is 0.259. The lowest BCUT2D eigenvalue weighted by Gasteiger charge is -2.37. The van der Waals surface area contributed by atoms with Crippen LogP contribution in [0.1, 0.15) is 18.2 Å². The van der Waals surface area contributed by atoms with Crippen molar-refractivity contribution in [2.45, 2.75) is 33.0 Å². The highest BCUT2D eigenvalue weighted by atomic mass is 16.5. The molecule has 0 radical (unpaired) electrons. The number of nitrogens with zero attached hydrogens (tertiary/aromatic N) is 4. The summed E-state index contributed by atoms with van der Waals surface area (Å²) in [6.45, 7) is 6.26. The van der Waals surface area contributed by atoms with E-state index in [1.165, 1.54) is 6.33 Å². The number of aryl methyl sites for hydroxylation is 2. The van der Waals surface area contributed by atoms with Crippen molar-refractivity contribution in [2.24, 2.45) is 0 Å². The number of nitrogens with one attached hydrogen (secondary N) is 1. The van der Waals surface area contributed by atoms with Crippen LogP contribution >= 0.6 is 0 Å². The Balaban J connectivity index is 1.38. The quantitative estimate of drug-likeness (QED) is 0.402. The molecule has 184 valence electrons. The van der Waals surface area contributed by atoms with E-state index in [-0.39, 0.29) is 5.91 Å². The highest BCUT2D eigenvalue weighted by Gasteiger charge is 2.32. The Hall–Kier alpha value is -4.24. The number of hydrogen-bond donors (Lipinski definition) is 2. The van der Waals surface area contributed by atoms with E-state index in [0.717, 1.165) is 22.7 Å². The molecule has 1 saturated heterocycles. The molecule has 36 heavy (non-hydrogen) atoms. The average molecular weight is 486 g/mol. The van der Waals surface area contributed by atoms with Crippen LogP contribution in [0.3, 0.4) is 0 Å². The van der Waals surface area contributed by atoms with Gasteiger partial charge in [-0.05, 0) is 68.8 Å². The second-order valence-electron chi connectivity index (χ2n) is 8.87. The molecule has 2 aromatic carbocycles. The van der Waals surface area contributed by atoms with Gasteiger partial charge in [0.25, 0.3) is 5.91 Å². The van der Waals surface area contributed by atoms with Crippen molar-refractivity contribution >= 4 is 28.3 Å². The summed E-state index contributed by atoms with van der Waals surface area (Å²) in [5.41, 5.74) is 3.37. The third-order valence-electron chi connectivity index (χ3n) is 6.00. The molecule has 1 atom stereocenters. The van der Waals surface area contributed by atoms with E-state index in [4.69, 9.17) is 9.47 Å². The van der Waals surface area contributed by atoms with Gasteiger partial charge in [-0.15, -0.1) is 0 Å². The number of likely N-dealkylation sites (tertiary alicyclic amines) is 1. The first-order valence-electron chi connectivity index (χ1n) is 11.7. The van der Waals surface area contributed by atoms with E-state index in [2.05, 4.69) is 20.3 Å². The largest absolute Gasteiger partial charge is 0.480 e. The van der Waals surface area contributed by atoms with Crippen LogP contribution in [0.4, 0.5) is 11.5 Å². The van der Waals surface area contributed by atoms with Gasteiger partial charge in [-0.1, -0.05) is 6.07 Å². The topological polar surface area (TPSA) is 110 Å². The summed E-state index contributed by atoms with van der Waals surface area (Å²) in [5.74, 6) is 2.29. The van der Waals surface area contributed by atoms with Gasteiger partial charge in [-0.2, -0.15) is 0 Å². The number of carbonyl (C=O) groups is 1. The summed E-state index contributed by atoms with van der Waals surface area (Å²) in [5, 5.41) is 13.5. The van der Waals surface area contributed by atoms with E-state index < -0.39 is 12.2 Å². The number of hydrogen-bond acceptors (Lipinski definition) is 8. The number of aromatic nitrogens is 3. The predicted molar refractivity (Wildman–Crippen MR) is 136 cm³/mol. The second-order valence-corrected chi connectivity index (χ2v) is 8.87. The maximum atomic E-state index is 12.6. The molecule has 0 unspecified atom stereocenters. The number of β-amino-alcohol motifs (C(OH)–C–C–N with tert-alkyl or cyclic N) is 1. The number of pyridine rings is 1. The number of aliphatic hydroxyl groups is 1. The van der Waals surface area contributed by atoms with E-state index in [0.29, 0.717) is 41.3 Å². The van der Waals surface area contributed by atoms with Crippen molar-refractivity contribution in [3.05, 3.63) is 72.3 Å². The van der Waals surface area contributed by atoms with Crippen LogP contribution in [0.2, 0.25) is 0 Å². The van der Waals surface area contributed by atoms with Gasteiger partial charge < -0.3 is 24.8 Å². The van der Waals surface area contributed by atoms with Crippen molar-refractivity contribution < 1.29 is 19.4 Å². The first kappa shape index (κ1) is 23.5. The minimum atomic E-state index is -0.717. The lowest BCUT2D eigenvalue weighted by molar-refractivity contribution is -0.148. The van der Waals surface area contributed by atoms with Gasteiger partial charge in [0.05, 0.1) is 23.2 Å². The SMILES string of the molecule is Cc1ccc(Oc2ccc(Nc3ncnc4cccc(O[C@H](C)C(=O)N5CC(O)C5)c34)cc2C)cn1. The van der Waals surface area contributed by atoms with Crippen molar-refractivity contribution in [3.63, 3.8) is 0 Å². The second kappa shape index (κ2) is 9.79. The average Bonchev–Trinajstić information content (AvgIpc) is 2.85. The number of benzene rings is 2. The minimum Gasteiger partial charge on any atom is -0.480 e. The zero-order valence-corrected chi connectivity index (χ0v) is 20.3. The molecule has 4 aromatic rings. The lowest BCUT2D eigenvalue weighted by atomic mass is 10.1. The maximum absolute atomic E-state index is 12.6. The number of aliphatic hydroxyl groups excluding tert-OH is 1. The Kier molecular flexibility index (Phi) is 6.39. The number of fused-ring (bicyclic) bond motifs is 1. The number of carbonyl (C=O) groups excluding carboxylic acids is 1. The van der Waals surface area contributed by atoms with Crippen molar-refractivity contribution in [1.82, 2.24) is 19.9 Å². The first-order chi connectivity index (χ1) is 17.4. The van der Waals surface area contributed by atoms with Gasteiger partial charge >= 0.3 is 0 Å². The molecule has 1 aliphatic rings. The molecule has 3 heterocycles. The van der Waals surface area contributed by atoms with Crippen LogP contribution in [0.5, 0.6) is 17.2 Å². The fourth-order valence-electron chi connectivity index (χ4n) is 4.02. The fourth-order valence-corrected chi connectivity index (χ4v) is 4.02. The minimum absolute atomic E-state index is 0.168. The first-order valence-corrected chi connectivity index (χ1v) is 11.7. The zero-order valence-electron chi connectivity index (χ0n) is 20.3. The van der Waals surface area contributed by atoms with E-state index in [9.17, 15) is 9.90 Å².